The lowest BCUT2D eigenvalue weighted by Gasteiger charge is -2.23. The summed E-state index contributed by atoms with van der Waals surface area (Å²) in [6, 6.07) is 9.25. The normalized spacial score (nSPS) is 15.3. The first-order chi connectivity index (χ1) is 8.77. The number of hydrogen-bond acceptors (Lipinski definition) is 3. The van der Waals surface area contributed by atoms with E-state index in [1.165, 1.54) is 0 Å². The zero-order valence-corrected chi connectivity index (χ0v) is 9.80. The zero-order valence-electron chi connectivity index (χ0n) is 9.80. The van der Waals surface area contributed by atoms with E-state index in [1.54, 1.807) is 0 Å². The van der Waals surface area contributed by atoms with Crippen LogP contribution in [0.15, 0.2) is 34.9 Å². The third-order valence-corrected chi connectivity index (χ3v) is 3.46. The molecule has 0 amide bonds. The number of hydrogen-bond donors (Lipinski definition) is 1. The van der Waals surface area contributed by atoms with Gasteiger partial charge in [0.05, 0.1) is 0 Å². The van der Waals surface area contributed by atoms with Gasteiger partial charge in [0.1, 0.15) is 11.3 Å². The molecule has 4 nitrogen and oxygen atoms in total. The summed E-state index contributed by atoms with van der Waals surface area (Å²) in [6.07, 6.45) is 3.14. The molecule has 0 unspecified atom stereocenters. The van der Waals surface area contributed by atoms with Crippen LogP contribution in [-0.4, -0.2) is 16.2 Å². The maximum Gasteiger partial charge on any atom is 0.341 e. The van der Waals surface area contributed by atoms with Gasteiger partial charge in [-0.15, -0.1) is 0 Å². The minimum atomic E-state index is -0.961. The van der Waals surface area contributed by atoms with E-state index in [0.29, 0.717) is 11.5 Å². The van der Waals surface area contributed by atoms with Gasteiger partial charge in [0, 0.05) is 11.5 Å². The van der Waals surface area contributed by atoms with E-state index in [9.17, 15) is 9.90 Å². The highest BCUT2D eigenvalue weighted by Gasteiger charge is 2.31. The highest BCUT2D eigenvalue weighted by atomic mass is 16.5. The van der Waals surface area contributed by atoms with E-state index in [4.69, 9.17) is 4.52 Å². The Morgan fingerprint density at radius 2 is 2.00 bits per heavy atom. The van der Waals surface area contributed by atoms with Gasteiger partial charge in [-0.05, 0) is 12.8 Å². The SMILES string of the molecule is O=C(O)c1c(C2CCC2)noc1-c1ccccc1. The van der Waals surface area contributed by atoms with E-state index < -0.39 is 5.97 Å². The Bertz CT molecular complexity index is 570. The Morgan fingerprint density at radius 3 is 2.56 bits per heavy atom. The van der Waals surface area contributed by atoms with Crippen molar-refractivity contribution < 1.29 is 14.4 Å². The van der Waals surface area contributed by atoms with Gasteiger partial charge in [-0.25, -0.2) is 4.79 Å². The molecule has 2 aromatic rings. The van der Waals surface area contributed by atoms with Crippen molar-refractivity contribution in [2.24, 2.45) is 0 Å². The van der Waals surface area contributed by atoms with E-state index in [2.05, 4.69) is 5.16 Å². The van der Waals surface area contributed by atoms with Crippen molar-refractivity contribution in [2.75, 3.05) is 0 Å². The van der Waals surface area contributed by atoms with Crippen LogP contribution < -0.4 is 0 Å². The summed E-state index contributed by atoms with van der Waals surface area (Å²) in [7, 11) is 0. The first-order valence-electron chi connectivity index (χ1n) is 6.05. The van der Waals surface area contributed by atoms with Crippen molar-refractivity contribution >= 4 is 5.97 Å². The average molecular weight is 243 g/mol. The molecule has 18 heavy (non-hydrogen) atoms. The van der Waals surface area contributed by atoms with Crippen molar-refractivity contribution in [1.82, 2.24) is 5.16 Å². The molecule has 0 atom stereocenters. The number of carboxylic acids is 1. The standard InChI is InChI=1S/C14H13NO3/c16-14(17)11-12(9-7-4-8-9)15-18-13(11)10-5-2-1-3-6-10/h1-3,5-6,9H,4,7-8H2,(H,16,17). The average Bonchev–Trinajstić information content (AvgIpc) is 2.72. The van der Waals surface area contributed by atoms with Gasteiger partial charge in [0.2, 0.25) is 0 Å². The van der Waals surface area contributed by atoms with E-state index in [1.807, 2.05) is 30.3 Å². The third-order valence-electron chi connectivity index (χ3n) is 3.46. The molecule has 4 heteroatoms. The monoisotopic (exact) mass is 243 g/mol. The van der Waals surface area contributed by atoms with Gasteiger partial charge in [0.25, 0.3) is 0 Å². The zero-order chi connectivity index (χ0) is 12.5. The van der Waals surface area contributed by atoms with E-state index >= 15 is 0 Å². The first kappa shape index (κ1) is 11.0. The Balaban J connectivity index is 2.10. The van der Waals surface area contributed by atoms with Gasteiger partial charge < -0.3 is 9.63 Å². The van der Waals surface area contributed by atoms with Gasteiger partial charge in [-0.1, -0.05) is 41.9 Å². The summed E-state index contributed by atoms with van der Waals surface area (Å²) in [6.45, 7) is 0. The highest BCUT2D eigenvalue weighted by Crippen LogP contribution is 2.40. The van der Waals surface area contributed by atoms with Crippen LogP contribution in [0.5, 0.6) is 0 Å². The summed E-state index contributed by atoms with van der Waals surface area (Å²) in [4.78, 5) is 11.4. The highest BCUT2D eigenvalue weighted by molar-refractivity contribution is 5.95. The van der Waals surface area contributed by atoms with Crippen molar-refractivity contribution in [3.8, 4) is 11.3 Å². The predicted molar refractivity (Wildman–Crippen MR) is 65.5 cm³/mol. The lowest BCUT2D eigenvalue weighted by molar-refractivity contribution is 0.0695. The smallest absolute Gasteiger partial charge is 0.341 e. The largest absolute Gasteiger partial charge is 0.477 e. The molecule has 0 radical (unpaired) electrons. The Labute approximate surface area is 104 Å². The molecule has 1 saturated carbocycles. The second kappa shape index (κ2) is 4.29. The lowest BCUT2D eigenvalue weighted by Crippen LogP contribution is -2.13. The second-order valence-corrected chi connectivity index (χ2v) is 4.57. The van der Waals surface area contributed by atoms with E-state index in [-0.39, 0.29) is 11.5 Å². The van der Waals surface area contributed by atoms with Crippen LogP contribution in [0.4, 0.5) is 0 Å². The Hall–Kier alpha value is -2.10. The summed E-state index contributed by atoms with van der Waals surface area (Å²) < 4.78 is 5.27. The van der Waals surface area contributed by atoms with Crippen LogP contribution in [-0.2, 0) is 0 Å². The quantitative estimate of drug-likeness (QED) is 0.898. The fourth-order valence-electron chi connectivity index (χ4n) is 2.26. The molecule has 0 bridgehead atoms. The minimum absolute atomic E-state index is 0.228. The first-order valence-corrected chi connectivity index (χ1v) is 6.05. The number of carboxylic acid groups (broad SMARTS) is 1. The number of benzene rings is 1. The molecule has 1 aliphatic carbocycles. The fourth-order valence-corrected chi connectivity index (χ4v) is 2.26. The number of aromatic carboxylic acids is 1. The van der Waals surface area contributed by atoms with Crippen molar-refractivity contribution in [1.29, 1.82) is 0 Å². The van der Waals surface area contributed by atoms with Crippen LogP contribution in [0.25, 0.3) is 11.3 Å². The van der Waals surface area contributed by atoms with Crippen LogP contribution in [0.2, 0.25) is 0 Å². The maximum absolute atomic E-state index is 11.4. The topological polar surface area (TPSA) is 63.3 Å². The fraction of sp³-hybridized carbons (Fsp3) is 0.286. The molecule has 1 N–H and O–H groups in total. The summed E-state index contributed by atoms with van der Waals surface area (Å²) in [5.41, 5.74) is 1.59. The third kappa shape index (κ3) is 1.70. The molecule has 0 spiro atoms. The van der Waals surface area contributed by atoms with Gasteiger partial charge in [-0.3, -0.25) is 0 Å². The van der Waals surface area contributed by atoms with Gasteiger partial charge in [-0.2, -0.15) is 0 Å². The number of carbonyl (C=O) groups is 1. The molecular weight excluding hydrogens is 230 g/mol. The molecule has 3 rings (SSSR count). The van der Waals surface area contributed by atoms with Crippen LogP contribution in [0, 0.1) is 0 Å². The minimum Gasteiger partial charge on any atom is -0.477 e. The summed E-state index contributed by atoms with van der Waals surface area (Å²) >= 11 is 0. The number of nitrogens with zero attached hydrogens (tertiary/aromatic N) is 1. The maximum atomic E-state index is 11.4. The molecule has 1 aromatic carbocycles. The number of rotatable bonds is 3. The number of aromatic nitrogens is 1. The van der Waals surface area contributed by atoms with Gasteiger partial charge >= 0.3 is 5.97 Å². The van der Waals surface area contributed by atoms with Crippen LogP contribution >= 0.6 is 0 Å². The molecule has 1 heterocycles. The van der Waals surface area contributed by atoms with E-state index in [0.717, 1.165) is 24.8 Å². The van der Waals surface area contributed by atoms with Gasteiger partial charge in [0.15, 0.2) is 5.76 Å². The molecule has 1 fully saturated rings. The molecule has 1 aliphatic rings. The Morgan fingerprint density at radius 1 is 1.28 bits per heavy atom. The lowest BCUT2D eigenvalue weighted by atomic mass is 9.81. The Kier molecular flexibility index (Phi) is 2.63. The molecule has 0 saturated heterocycles. The van der Waals surface area contributed by atoms with Crippen LogP contribution in [0.3, 0.4) is 0 Å². The molecule has 0 aliphatic heterocycles. The molecular formula is C14H13NO3. The molecule has 92 valence electrons. The van der Waals surface area contributed by atoms with Crippen molar-refractivity contribution in [3.05, 3.63) is 41.6 Å². The summed E-state index contributed by atoms with van der Waals surface area (Å²) in [5.74, 6) is -0.348. The van der Waals surface area contributed by atoms with Crippen molar-refractivity contribution in [2.45, 2.75) is 25.2 Å². The summed E-state index contributed by atoms with van der Waals surface area (Å²) in [5, 5.41) is 13.3. The van der Waals surface area contributed by atoms with Crippen LogP contribution in [0.1, 0.15) is 41.2 Å². The van der Waals surface area contributed by atoms with Crippen molar-refractivity contribution in [3.63, 3.8) is 0 Å². The predicted octanol–water partition coefficient (Wildman–Crippen LogP) is 3.31. The second-order valence-electron chi connectivity index (χ2n) is 4.57. The molecule has 1 aromatic heterocycles.